The van der Waals surface area contributed by atoms with Crippen molar-refractivity contribution in [1.29, 1.82) is 0 Å². The van der Waals surface area contributed by atoms with Gasteiger partial charge in [-0.15, -0.1) is 13.2 Å². The third-order valence-electron chi connectivity index (χ3n) is 4.31. The minimum absolute atomic E-state index is 0.176. The average Bonchev–Trinajstić information content (AvgIpc) is 2.63. The molecular weight excluding hydrogens is 403 g/mol. The molecule has 3 aromatic rings. The van der Waals surface area contributed by atoms with Gasteiger partial charge in [0.05, 0.1) is 5.02 Å². The van der Waals surface area contributed by atoms with Gasteiger partial charge in [0.2, 0.25) is 0 Å². The number of hydrogen-bond acceptors (Lipinski definition) is 3. The second kappa shape index (κ2) is 8.17. The number of carbonyl (C=O) groups is 1. The van der Waals surface area contributed by atoms with Crippen molar-refractivity contribution < 1.29 is 22.7 Å². The van der Waals surface area contributed by atoms with Crippen LogP contribution in [0.15, 0.2) is 60.7 Å². The molecule has 0 spiro atoms. The van der Waals surface area contributed by atoms with Gasteiger partial charge < -0.3 is 10.1 Å². The Morgan fingerprint density at radius 3 is 2.28 bits per heavy atom. The summed E-state index contributed by atoms with van der Waals surface area (Å²) in [4.78, 5) is 12.8. The van der Waals surface area contributed by atoms with Crippen LogP contribution < -0.4 is 10.1 Å². The van der Waals surface area contributed by atoms with E-state index in [0.717, 1.165) is 5.56 Å². The van der Waals surface area contributed by atoms with Gasteiger partial charge in [0.15, 0.2) is 5.78 Å². The van der Waals surface area contributed by atoms with Crippen LogP contribution in [0, 0.1) is 13.8 Å². The highest BCUT2D eigenvalue weighted by Crippen LogP contribution is 2.30. The maximum Gasteiger partial charge on any atom is 0.573 e. The fourth-order valence-electron chi connectivity index (χ4n) is 2.88. The third kappa shape index (κ3) is 5.09. The van der Waals surface area contributed by atoms with Gasteiger partial charge in [-0.2, -0.15) is 0 Å². The van der Waals surface area contributed by atoms with E-state index in [4.69, 9.17) is 11.6 Å². The number of ether oxygens (including phenoxy) is 1. The number of carbonyl (C=O) groups excluding carboxylic acids is 1. The molecule has 0 radical (unpaired) electrons. The first kappa shape index (κ1) is 20.7. The summed E-state index contributed by atoms with van der Waals surface area (Å²) in [6.45, 7) is 3.51. The van der Waals surface area contributed by atoms with Gasteiger partial charge in [-0.1, -0.05) is 35.9 Å². The molecule has 0 heterocycles. The summed E-state index contributed by atoms with van der Waals surface area (Å²) < 4.78 is 40.9. The molecule has 0 unspecified atom stereocenters. The second-order valence-electron chi connectivity index (χ2n) is 6.49. The van der Waals surface area contributed by atoms with Crippen molar-refractivity contribution in [2.24, 2.45) is 0 Å². The SMILES string of the molecule is Cc1cc(OC(F)(F)F)ccc1Nc1ccc(C(=O)c2ccccc2C)c(Cl)c1. The molecule has 3 rings (SSSR count). The molecule has 3 nitrogen and oxygen atoms in total. The first-order chi connectivity index (χ1) is 13.6. The van der Waals surface area contributed by atoms with E-state index in [1.165, 1.54) is 18.2 Å². The third-order valence-corrected chi connectivity index (χ3v) is 4.63. The lowest BCUT2D eigenvalue weighted by Gasteiger charge is -2.14. The number of halogens is 4. The zero-order valence-corrected chi connectivity index (χ0v) is 16.4. The van der Waals surface area contributed by atoms with E-state index >= 15 is 0 Å². The number of anilines is 2. The summed E-state index contributed by atoms with van der Waals surface area (Å²) in [5.74, 6) is -0.470. The smallest absolute Gasteiger partial charge is 0.406 e. The van der Waals surface area contributed by atoms with E-state index in [-0.39, 0.29) is 16.6 Å². The van der Waals surface area contributed by atoms with Crippen LogP contribution >= 0.6 is 11.6 Å². The normalized spacial score (nSPS) is 11.2. The van der Waals surface area contributed by atoms with Crippen molar-refractivity contribution in [2.75, 3.05) is 5.32 Å². The van der Waals surface area contributed by atoms with Crippen molar-refractivity contribution in [2.45, 2.75) is 20.2 Å². The van der Waals surface area contributed by atoms with Crippen LogP contribution in [0.5, 0.6) is 5.75 Å². The largest absolute Gasteiger partial charge is 0.573 e. The predicted octanol–water partition coefficient (Wildman–Crippen LogP) is 6.83. The van der Waals surface area contributed by atoms with Gasteiger partial charge in [-0.25, -0.2) is 0 Å². The van der Waals surface area contributed by atoms with E-state index in [0.29, 0.717) is 28.1 Å². The second-order valence-corrected chi connectivity index (χ2v) is 6.90. The van der Waals surface area contributed by atoms with Crippen LogP contribution in [0.3, 0.4) is 0 Å². The minimum atomic E-state index is -4.74. The van der Waals surface area contributed by atoms with Gasteiger partial charge in [0.25, 0.3) is 0 Å². The predicted molar refractivity (Wildman–Crippen MR) is 107 cm³/mol. The maximum absolute atomic E-state index is 12.8. The van der Waals surface area contributed by atoms with Crippen LogP contribution in [0.1, 0.15) is 27.0 Å². The molecule has 0 saturated heterocycles. The lowest BCUT2D eigenvalue weighted by atomic mass is 9.99. The first-order valence-corrected chi connectivity index (χ1v) is 9.05. The number of rotatable bonds is 5. The number of nitrogens with one attached hydrogen (secondary N) is 1. The molecule has 0 aliphatic carbocycles. The molecule has 0 fully saturated rings. The van der Waals surface area contributed by atoms with E-state index in [1.54, 1.807) is 37.3 Å². The Bertz CT molecular complexity index is 1060. The Balaban J connectivity index is 1.81. The summed E-state index contributed by atoms with van der Waals surface area (Å²) in [7, 11) is 0. The lowest BCUT2D eigenvalue weighted by molar-refractivity contribution is -0.274. The van der Waals surface area contributed by atoms with Crippen molar-refractivity contribution in [3.8, 4) is 5.75 Å². The minimum Gasteiger partial charge on any atom is -0.406 e. The Hall–Kier alpha value is -2.99. The van der Waals surface area contributed by atoms with Crippen LogP contribution in [-0.4, -0.2) is 12.1 Å². The van der Waals surface area contributed by atoms with Gasteiger partial charge in [-0.3, -0.25) is 4.79 Å². The molecule has 29 heavy (non-hydrogen) atoms. The highest BCUT2D eigenvalue weighted by Gasteiger charge is 2.31. The number of benzene rings is 3. The molecule has 0 atom stereocenters. The Morgan fingerprint density at radius 2 is 1.66 bits per heavy atom. The number of alkyl halides is 3. The summed E-state index contributed by atoms with van der Waals surface area (Å²) in [5, 5.41) is 3.36. The number of hydrogen-bond donors (Lipinski definition) is 1. The Kier molecular flexibility index (Phi) is 5.84. The van der Waals surface area contributed by atoms with Crippen LogP contribution in [-0.2, 0) is 0 Å². The zero-order valence-electron chi connectivity index (χ0n) is 15.6. The molecule has 0 aliphatic heterocycles. The number of ketones is 1. The van der Waals surface area contributed by atoms with Crippen molar-refractivity contribution in [3.63, 3.8) is 0 Å². The summed E-state index contributed by atoms with van der Waals surface area (Å²) >= 11 is 6.32. The summed E-state index contributed by atoms with van der Waals surface area (Å²) in [6, 6.07) is 16.2. The Labute approximate surface area is 171 Å². The van der Waals surface area contributed by atoms with E-state index in [1.807, 2.05) is 19.1 Å². The molecule has 0 saturated carbocycles. The monoisotopic (exact) mass is 419 g/mol. The molecule has 7 heteroatoms. The zero-order chi connectivity index (χ0) is 21.2. The van der Waals surface area contributed by atoms with Crippen molar-refractivity contribution >= 4 is 28.8 Å². The lowest BCUT2D eigenvalue weighted by Crippen LogP contribution is -2.17. The fraction of sp³-hybridized carbons (Fsp3) is 0.136. The maximum atomic E-state index is 12.8. The summed E-state index contributed by atoms with van der Waals surface area (Å²) in [5.41, 5.74) is 3.55. The van der Waals surface area contributed by atoms with Gasteiger partial charge in [-0.05, 0) is 61.4 Å². The highest BCUT2D eigenvalue weighted by atomic mass is 35.5. The molecule has 0 aliphatic rings. The quantitative estimate of drug-likeness (QED) is 0.460. The molecule has 0 bridgehead atoms. The van der Waals surface area contributed by atoms with Gasteiger partial charge >= 0.3 is 6.36 Å². The van der Waals surface area contributed by atoms with Gasteiger partial charge in [0.1, 0.15) is 5.75 Å². The van der Waals surface area contributed by atoms with Crippen LogP contribution in [0.25, 0.3) is 0 Å². The molecule has 0 amide bonds. The van der Waals surface area contributed by atoms with Gasteiger partial charge in [0, 0.05) is 22.5 Å². The van der Waals surface area contributed by atoms with E-state index < -0.39 is 6.36 Å². The molecule has 0 aromatic heterocycles. The van der Waals surface area contributed by atoms with E-state index in [2.05, 4.69) is 10.1 Å². The fourth-order valence-corrected chi connectivity index (χ4v) is 3.15. The first-order valence-electron chi connectivity index (χ1n) is 8.67. The van der Waals surface area contributed by atoms with Crippen LogP contribution in [0.4, 0.5) is 24.5 Å². The molecule has 1 N–H and O–H groups in total. The van der Waals surface area contributed by atoms with E-state index in [9.17, 15) is 18.0 Å². The number of aryl methyl sites for hydroxylation is 2. The summed E-state index contributed by atoms with van der Waals surface area (Å²) in [6.07, 6.45) is -4.74. The molecule has 3 aromatic carbocycles. The molecule has 150 valence electrons. The highest BCUT2D eigenvalue weighted by molar-refractivity contribution is 6.35. The average molecular weight is 420 g/mol. The Morgan fingerprint density at radius 1 is 0.931 bits per heavy atom. The van der Waals surface area contributed by atoms with Crippen molar-refractivity contribution in [1.82, 2.24) is 0 Å². The topological polar surface area (TPSA) is 38.3 Å². The van der Waals surface area contributed by atoms with Crippen LogP contribution in [0.2, 0.25) is 5.02 Å². The standard InChI is InChI=1S/C22H17ClF3NO2/c1-13-5-3-4-6-17(13)21(28)18-9-7-15(12-19(18)23)27-20-10-8-16(11-14(20)2)29-22(24,25)26/h3-12,27H,1-2H3. The van der Waals surface area contributed by atoms with Crippen molar-refractivity contribution in [3.05, 3.63) is 87.9 Å². The molecular formula is C22H17ClF3NO2.